The number of hydrogen-bond donors (Lipinski definition) is 1. The second-order valence-electron chi connectivity index (χ2n) is 6.73. The number of ether oxygens (including phenoxy) is 1. The molecule has 1 aromatic carbocycles. The Morgan fingerprint density at radius 3 is 2.48 bits per heavy atom. The largest absolute Gasteiger partial charge is 0.444 e. The average molecular weight is 383 g/mol. The van der Waals surface area contributed by atoms with Crippen molar-refractivity contribution >= 4 is 27.9 Å². The smallest absolute Gasteiger partial charge is 0.410 e. The van der Waals surface area contributed by atoms with E-state index >= 15 is 0 Å². The summed E-state index contributed by atoms with van der Waals surface area (Å²) in [7, 11) is 0. The van der Waals surface area contributed by atoms with E-state index in [2.05, 4.69) is 21.2 Å². The van der Waals surface area contributed by atoms with Gasteiger partial charge in [0.15, 0.2) is 0 Å². The van der Waals surface area contributed by atoms with Crippen LogP contribution in [0.25, 0.3) is 0 Å². The SMILES string of the molecule is CC(C)(C)OC(=O)N1CCC(NC(=O)c2cccc(Br)c2)CC1. The highest BCUT2D eigenvalue weighted by Crippen LogP contribution is 2.16. The first-order chi connectivity index (χ1) is 10.7. The molecule has 1 fully saturated rings. The summed E-state index contributed by atoms with van der Waals surface area (Å²) in [6.45, 7) is 6.76. The van der Waals surface area contributed by atoms with Gasteiger partial charge in [-0.2, -0.15) is 0 Å². The Bertz CT molecular complexity index is 575. The van der Waals surface area contributed by atoms with Gasteiger partial charge in [0.1, 0.15) is 5.60 Å². The predicted molar refractivity (Wildman–Crippen MR) is 92.4 cm³/mol. The zero-order valence-corrected chi connectivity index (χ0v) is 15.4. The summed E-state index contributed by atoms with van der Waals surface area (Å²) >= 11 is 3.37. The van der Waals surface area contributed by atoms with Crippen LogP contribution < -0.4 is 5.32 Å². The van der Waals surface area contributed by atoms with E-state index in [1.54, 1.807) is 17.0 Å². The molecule has 0 aromatic heterocycles. The zero-order valence-electron chi connectivity index (χ0n) is 13.8. The molecule has 1 aliphatic heterocycles. The van der Waals surface area contributed by atoms with Gasteiger partial charge in [0.05, 0.1) is 0 Å². The van der Waals surface area contributed by atoms with E-state index < -0.39 is 5.60 Å². The molecular formula is C17H23BrN2O3. The highest BCUT2D eigenvalue weighted by Gasteiger charge is 2.27. The Labute approximate surface area is 145 Å². The maximum Gasteiger partial charge on any atom is 0.410 e. The number of carbonyl (C=O) groups is 2. The van der Waals surface area contributed by atoms with E-state index in [4.69, 9.17) is 4.74 Å². The molecule has 2 rings (SSSR count). The number of hydrogen-bond acceptors (Lipinski definition) is 3. The van der Waals surface area contributed by atoms with Crippen LogP contribution in [0.3, 0.4) is 0 Å². The third-order valence-electron chi connectivity index (χ3n) is 3.57. The molecule has 0 saturated carbocycles. The number of nitrogens with one attached hydrogen (secondary N) is 1. The average Bonchev–Trinajstić information content (AvgIpc) is 2.46. The topological polar surface area (TPSA) is 58.6 Å². The van der Waals surface area contributed by atoms with Crippen molar-refractivity contribution in [1.82, 2.24) is 10.2 Å². The first-order valence-electron chi connectivity index (χ1n) is 7.79. The molecule has 0 aliphatic carbocycles. The minimum Gasteiger partial charge on any atom is -0.444 e. The fourth-order valence-corrected chi connectivity index (χ4v) is 2.83. The van der Waals surface area contributed by atoms with Crippen molar-refractivity contribution in [3.05, 3.63) is 34.3 Å². The van der Waals surface area contributed by atoms with Crippen molar-refractivity contribution in [3.63, 3.8) is 0 Å². The Hall–Kier alpha value is -1.56. The normalized spacial score (nSPS) is 16.1. The van der Waals surface area contributed by atoms with E-state index in [1.807, 2.05) is 32.9 Å². The monoisotopic (exact) mass is 382 g/mol. The number of nitrogens with zero attached hydrogens (tertiary/aromatic N) is 1. The lowest BCUT2D eigenvalue weighted by Gasteiger charge is -2.33. The third-order valence-corrected chi connectivity index (χ3v) is 4.06. The summed E-state index contributed by atoms with van der Waals surface area (Å²) in [4.78, 5) is 25.9. The molecule has 1 aromatic rings. The maximum absolute atomic E-state index is 12.2. The quantitative estimate of drug-likeness (QED) is 0.850. The van der Waals surface area contributed by atoms with Gasteiger partial charge in [0.25, 0.3) is 5.91 Å². The van der Waals surface area contributed by atoms with E-state index in [9.17, 15) is 9.59 Å². The molecular weight excluding hydrogens is 360 g/mol. The van der Waals surface area contributed by atoms with Gasteiger partial charge in [-0.3, -0.25) is 4.79 Å². The van der Waals surface area contributed by atoms with Crippen LogP contribution >= 0.6 is 15.9 Å². The number of benzene rings is 1. The first-order valence-corrected chi connectivity index (χ1v) is 8.58. The van der Waals surface area contributed by atoms with Crippen molar-refractivity contribution < 1.29 is 14.3 Å². The van der Waals surface area contributed by atoms with Crippen LogP contribution in [0.5, 0.6) is 0 Å². The summed E-state index contributed by atoms with van der Waals surface area (Å²) < 4.78 is 6.25. The van der Waals surface area contributed by atoms with Gasteiger partial charge in [0, 0.05) is 29.2 Å². The first kappa shape index (κ1) is 17.8. The lowest BCUT2D eigenvalue weighted by Crippen LogP contribution is -2.47. The molecule has 0 radical (unpaired) electrons. The fraction of sp³-hybridized carbons (Fsp3) is 0.529. The van der Waals surface area contributed by atoms with Crippen molar-refractivity contribution in [2.24, 2.45) is 0 Å². The number of rotatable bonds is 2. The molecule has 1 saturated heterocycles. The minimum atomic E-state index is -0.483. The molecule has 126 valence electrons. The molecule has 2 amide bonds. The Kier molecular flexibility index (Phi) is 5.68. The number of carbonyl (C=O) groups excluding carboxylic acids is 2. The summed E-state index contributed by atoms with van der Waals surface area (Å²) in [5.41, 5.74) is 0.150. The minimum absolute atomic E-state index is 0.0815. The summed E-state index contributed by atoms with van der Waals surface area (Å²) in [5.74, 6) is -0.0815. The van der Waals surface area contributed by atoms with Crippen LogP contribution in [-0.2, 0) is 4.74 Å². The van der Waals surface area contributed by atoms with Crippen molar-refractivity contribution in [1.29, 1.82) is 0 Å². The van der Waals surface area contributed by atoms with E-state index in [-0.39, 0.29) is 18.0 Å². The van der Waals surface area contributed by atoms with Crippen molar-refractivity contribution in [3.8, 4) is 0 Å². The van der Waals surface area contributed by atoms with Crippen molar-refractivity contribution in [2.75, 3.05) is 13.1 Å². The molecule has 6 heteroatoms. The standard InChI is InChI=1S/C17H23BrN2O3/c1-17(2,3)23-16(22)20-9-7-14(8-10-20)19-15(21)12-5-4-6-13(18)11-12/h4-6,11,14H,7-10H2,1-3H3,(H,19,21). The Balaban J connectivity index is 1.83. The van der Waals surface area contributed by atoms with E-state index in [0.29, 0.717) is 18.7 Å². The predicted octanol–water partition coefficient (Wildman–Crippen LogP) is 3.58. The molecule has 5 nitrogen and oxygen atoms in total. The molecule has 23 heavy (non-hydrogen) atoms. The Morgan fingerprint density at radius 2 is 1.91 bits per heavy atom. The summed E-state index contributed by atoms with van der Waals surface area (Å²) in [6.07, 6.45) is 1.19. The zero-order chi connectivity index (χ0) is 17.0. The van der Waals surface area contributed by atoms with Crippen LogP contribution in [0.2, 0.25) is 0 Å². The van der Waals surface area contributed by atoms with Gasteiger partial charge < -0.3 is 15.0 Å². The number of likely N-dealkylation sites (tertiary alicyclic amines) is 1. The van der Waals surface area contributed by atoms with Crippen LogP contribution in [0, 0.1) is 0 Å². The Morgan fingerprint density at radius 1 is 1.26 bits per heavy atom. The molecule has 0 spiro atoms. The van der Waals surface area contributed by atoms with Crippen LogP contribution in [0.4, 0.5) is 4.79 Å². The number of amides is 2. The van der Waals surface area contributed by atoms with Crippen molar-refractivity contribution in [2.45, 2.75) is 45.3 Å². The highest BCUT2D eigenvalue weighted by molar-refractivity contribution is 9.10. The van der Waals surface area contributed by atoms with Crippen LogP contribution in [0.15, 0.2) is 28.7 Å². The molecule has 1 N–H and O–H groups in total. The van der Waals surface area contributed by atoms with Gasteiger partial charge in [-0.1, -0.05) is 22.0 Å². The molecule has 0 atom stereocenters. The maximum atomic E-state index is 12.2. The van der Waals surface area contributed by atoms with Gasteiger partial charge >= 0.3 is 6.09 Å². The number of piperidine rings is 1. The molecule has 0 unspecified atom stereocenters. The lowest BCUT2D eigenvalue weighted by atomic mass is 10.0. The van der Waals surface area contributed by atoms with Gasteiger partial charge in [0.2, 0.25) is 0 Å². The number of halogens is 1. The third kappa shape index (κ3) is 5.53. The summed E-state index contributed by atoms with van der Waals surface area (Å²) in [5, 5.41) is 3.03. The van der Waals surface area contributed by atoms with E-state index in [0.717, 1.165) is 17.3 Å². The molecule has 1 aliphatic rings. The second-order valence-corrected chi connectivity index (χ2v) is 7.64. The lowest BCUT2D eigenvalue weighted by molar-refractivity contribution is 0.0199. The summed E-state index contributed by atoms with van der Waals surface area (Å²) in [6, 6.07) is 7.39. The van der Waals surface area contributed by atoms with Gasteiger partial charge in [-0.25, -0.2) is 4.79 Å². The fourth-order valence-electron chi connectivity index (χ4n) is 2.43. The van der Waals surface area contributed by atoms with Crippen LogP contribution in [0.1, 0.15) is 44.0 Å². The molecule has 1 heterocycles. The van der Waals surface area contributed by atoms with Gasteiger partial charge in [-0.05, 0) is 51.8 Å². The highest BCUT2D eigenvalue weighted by atomic mass is 79.9. The second kappa shape index (κ2) is 7.34. The molecule has 0 bridgehead atoms. The van der Waals surface area contributed by atoms with E-state index in [1.165, 1.54) is 0 Å². The van der Waals surface area contributed by atoms with Gasteiger partial charge in [-0.15, -0.1) is 0 Å². The van der Waals surface area contributed by atoms with Crippen LogP contribution in [-0.4, -0.2) is 41.6 Å².